The second-order valence-corrected chi connectivity index (χ2v) is 8.15. The van der Waals surface area contributed by atoms with E-state index in [4.69, 9.17) is 4.74 Å². The highest BCUT2D eigenvalue weighted by atomic mass is 16.5. The van der Waals surface area contributed by atoms with Crippen LogP contribution in [0.2, 0.25) is 0 Å². The van der Waals surface area contributed by atoms with Crippen LogP contribution in [0.3, 0.4) is 0 Å². The van der Waals surface area contributed by atoms with Crippen LogP contribution in [0.15, 0.2) is 48.5 Å². The zero-order valence-corrected chi connectivity index (χ0v) is 18.7. The van der Waals surface area contributed by atoms with Crippen LogP contribution in [-0.4, -0.2) is 23.8 Å². The molecule has 2 aromatic carbocycles. The predicted octanol–water partition coefficient (Wildman–Crippen LogP) is 4.02. The van der Waals surface area contributed by atoms with E-state index < -0.39 is 17.9 Å². The molecule has 166 valence electrons. The van der Waals surface area contributed by atoms with E-state index in [1.165, 1.54) is 5.56 Å². The molecule has 0 aliphatic carbocycles. The summed E-state index contributed by atoms with van der Waals surface area (Å²) in [5.41, 5.74) is 6.87. The molecule has 7 heteroatoms. The summed E-state index contributed by atoms with van der Waals surface area (Å²) in [7, 11) is 0. The van der Waals surface area contributed by atoms with E-state index in [0.29, 0.717) is 29.3 Å². The van der Waals surface area contributed by atoms with Crippen LogP contribution in [0.1, 0.15) is 62.9 Å². The summed E-state index contributed by atoms with van der Waals surface area (Å²) in [6.45, 7) is 9.74. The lowest BCUT2D eigenvalue weighted by Crippen LogP contribution is -2.47. The van der Waals surface area contributed by atoms with Gasteiger partial charge in [0.05, 0.1) is 0 Å². The van der Waals surface area contributed by atoms with Crippen molar-refractivity contribution >= 4 is 23.4 Å². The number of hydrogen-bond donors (Lipinski definition) is 3. The van der Waals surface area contributed by atoms with Gasteiger partial charge in [-0.25, -0.2) is 0 Å². The molecule has 2 aromatic rings. The smallest absolute Gasteiger partial charge is 0.279 e. The molecular formula is C24H31N3O4. The lowest BCUT2D eigenvalue weighted by Gasteiger charge is -2.16. The van der Waals surface area contributed by atoms with E-state index in [-0.39, 0.29) is 11.8 Å². The van der Waals surface area contributed by atoms with Crippen molar-refractivity contribution in [2.45, 2.75) is 53.1 Å². The Kier molecular flexibility index (Phi) is 8.61. The number of rotatable bonds is 8. The van der Waals surface area contributed by atoms with Crippen molar-refractivity contribution in [1.82, 2.24) is 10.9 Å². The van der Waals surface area contributed by atoms with Gasteiger partial charge in [0.2, 0.25) is 5.91 Å². The van der Waals surface area contributed by atoms with Gasteiger partial charge >= 0.3 is 0 Å². The van der Waals surface area contributed by atoms with Crippen molar-refractivity contribution < 1.29 is 19.1 Å². The zero-order chi connectivity index (χ0) is 23.0. The molecule has 0 bridgehead atoms. The summed E-state index contributed by atoms with van der Waals surface area (Å²) in [5, 5.41) is 2.78. The second-order valence-electron chi connectivity index (χ2n) is 8.15. The van der Waals surface area contributed by atoms with Gasteiger partial charge in [0.15, 0.2) is 6.10 Å². The van der Waals surface area contributed by atoms with Gasteiger partial charge in [0.1, 0.15) is 5.75 Å². The van der Waals surface area contributed by atoms with Gasteiger partial charge in [0, 0.05) is 17.7 Å². The molecule has 0 saturated heterocycles. The van der Waals surface area contributed by atoms with Crippen LogP contribution in [-0.2, 0) is 9.59 Å². The van der Waals surface area contributed by atoms with E-state index in [2.05, 4.69) is 30.0 Å². The number of nitrogens with one attached hydrogen (secondary N) is 3. The molecule has 0 aromatic heterocycles. The minimum Gasteiger partial charge on any atom is -0.481 e. The highest BCUT2D eigenvalue weighted by Crippen LogP contribution is 2.19. The number of anilines is 1. The molecule has 0 aliphatic heterocycles. The first kappa shape index (κ1) is 23.9. The summed E-state index contributed by atoms with van der Waals surface area (Å²) >= 11 is 0. The Morgan fingerprint density at radius 3 is 2.00 bits per heavy atom. The number of hydrogen-bond acceptors (Lipinski definition) is 4. The molecule has 0 spiro atoms. The highest BCUT2D eigenvalue weighted by molar-refractivity contribution is 5.97. The molecular weight excluding hydrogens is 394 g/mol. The maximum atomic E-state index is 12.3. The summed E-state index contributed by atoms with van der Waals surface area (Å²) in [6.07, 6.45) is -0.361. The number of ether oxygens (including phenoxy) is 1. The van der Waals surface area contributed by atoms with Crippen molar-refractivity contribution in [3.63, 3.8) is 0 Å². The van der Waals surface area contributed by atoms with Crippen LogP contribution in [0, 0.1) is 5.92 Å². The summed E-state index contributed by atoms with van der Waals surface area (Å²) < 4.78 is 5.63. The fourth-order valence-electron chi connectivity index (χ4n) is 2.77. The molecule has 0 aliphatic rings. The maximum Gasteiger partial charge on any atom is 0.279 e. The third-order valence-corrected chi connectivity index (χ3v) is 4.55. The van der Waals surface area contributed by atoms with Crippen LogP contribution >= 0.6 is 0 Å². The monoisotopic (exact) mass is 425 g/mol. The first-order valence-corrected chi connectivity index (χ1v) is 10.4. The minimum absolute atomic E-state index is 0.0766. The van der Waals surface area contributed by atoms with E-state index in [0.717, 1.165) is 0 Å². The number of benzene rings is 2. The Labute approximate surface area is 183 Å². The molecule has 3 N–H and O–H groups in total. The number of carbonyl (C=O) groups excluding carboxylic acids is 3. The van der Waals surface area contributed by atoms with Gasteiger partial charge in [-0.15, -0.1) is 0 Å². The predicted molar refractivity (Wildman–Crippen MR) is 121 cm³/mol. The van der Waals surface area contributed by atoms with Crippen LogP contribution < -0.4 is 20.9 Å². The molecule has 0 heterocycles. The van der Waals surface area contributed by atoms with Crippen LogP contribution in [0.25, 0.3) is 0 Å². The molecule has 0 saturated carbocycles. The van der Waals surface area contributed by atoms with Gasteiger partial charge in [-0.1, -0.05) is 39.8 Å². The molecule has 3 amide bonds. The lowest BCUT2D eigenvalue weighted by atomic mass is 10.0. The standard InChI is InChI=1S/C24H31N3O4/c1-15(2)14-22(28)25-20-10-6-19(7-11-20)24(30)27-26-23(29)17(5)31-21-12-8-18(9-13-21)16(3)4/h6-13,15-17H,14H2,1-5H3,(H,25,28)(H,26,29)(H,27,30). The third-order valence-electron chi connectivity index (χ3n) is 4.55. The fourth-order valence-corrected chi connectivity index (χ4v) is 2.77. The fraction of sp³-hybridized carbons (Fsp3) is 0.375. The third kappa shape index (κ3) is 7.77. The highest BCUT2D eigenvalue weighted by Gasteiger charge is 2.16. The zero-order valence-electron chi connectivity index (χ0n) is 18.7. The average molecular weight is 426 g/mol. The molecule has 1 unspecified atom stereocenters. The minimum atomic E-state index is -0.788. The van der Waals surface area contributed by atoms with Gasteiger partial charge in [-0.2, -0.15) is 0 Å². The number of carbonyl (C=O) groups is 3. The second kappa shape index (κ2) is 11.2. The average Bonchev–Trinajstić information content (AvgIpc) is 2.72. The Morgan fingerprint density at radius 2 is 1.45 bits per heavy atom. The number of amides is 3. The number of hydrazine groups is 1. The topological polar surface area (TPSA) is 96.5 Å². The first-order valence-electron chi connectivity index (χ1n) is 10.4. The molecule has 31 heavy (non-hydrogen) atoms. The SMILES string of the molecule is CC(C)CC(=O)Nc1ccc(C(=O)NNC(=O)C(C)Oc2ccc(C(C)C)cc2)cc1. The van der Waals surface area contributed by atoms with Gasteiger partial charge in [0.25, 0.3) is 11.8 Å². The summed E-state index contributed by atoms with van der Waals surface area (Å²) in [5.74, 6) is 0.233. The molecule has 2 rings (SSSR count). The first-order chi connectivity index (χ1) is 14.7. The van der Waals surface area contributed by atoms with Crippen LogP contribution in [0.5, 0.6) is 5.75 Å². The Bertz CT molecular complexity index is 890. The lowest BCUT2D eigenvalue weighted by molar-refractivity contribution is -0.128. The van der Waals surface area contributed by atoms with Crippen molar-refractivity contribution in [2.75, 3.05) is 5.32 Å². The molecule has 0 fully saturated rings. The van der Waals surface area contributed by atoms with Crippen molar-refractivity contribution in [3.05, 3.63) is 59.7 Å². The van der Waals surface area contributed by atoms with Crippen molar-refractivity contribution in [2.24, 2.45) is 5.92 Å². The summed E-state index contributed by atoms with van der Waals surface area (Å²) in [4.78, 5) is 36.3. The summed E-state index contributed by atoms with van der Waals surface area (Å²) in [6, 6.07) is 14.0. The Balaban J connectivity index is 1.82. The quantitative estimate of drug-likeness (QED) is 0.557. The van der Waals surface area contributed by atoms with Crippen molar-refractivity contribution in [1.29, 1.82) is 0 Å². The van der Waals surface area contributed by atoms with Gasteiger partial charge in [-0.3, -0.25) is 25.2 Å². The van der Waals surface area contributed by atoms with Crippen LogP contribution in [0.4, 0.5) is 5.69 Å². The molecule has 7 nitrogen and oxygen atoms in total. The molecule has 1 atom stereocenters. The van der Waals surface area contributed by atoms with Gasteiger partial charge < -0.3 is 10.1 Å². The van der Waals surface area contributed by atoms with Crippen molar-refractivity contribution in [3.8, 4) is 5.75 Å². The molecule has 0 radical (unpaired) electrons. The maximum absolute atomic E-state index is 12.3. The Hall–Kier alpha value is -3.35. The van der Waals surface area contributed by atoms with E-state index in [9.17, 15) is 14.4 Å². The normalized spacial score (nSPS) is 11.7. The van der Waals surface area contributed by atoms with E-state index >= 15 is 0 Å². The van der Waals surface area contributed by atoms with E-state index in [1.807, 2.05) is 38.1 Å². The largest absolute Gasteiger partial charge is 0.481 e. The van der Waals surface area contributed by atoms with Gasteiger partial charge in [-0.05, 0) is 60.7 Å². The Morgan fingerprint density at radius 1 is 0.839 bits per heavy atom. The van der Waals surface area contributed by atoms with E-state index in [1.54, 1.807) is 31.2 Å².